The number of hydrogen-bond donors (Lipinski definition) is 2. The van der Waals surface area contributed by atoms with Gasteiger partial charge in [-0.25, -0.2) is 0 Å². The average Bonchev–Trinajstić information content (AvgIpc) is 3.00. The van der Waals surface area contributed by atoms with Gasteiger partial charge in [0, 0.05) is 25.6 Å². The van der Waals surface area contributed by atoms with E-state index in [2.05, 4.69) is 0 Å². The van der Waals surface area contributed by atoms with Crippen LogP contribution in [0.15, 0.2) is 30.3 Å². The van der Waals surface area contributed by atoms with E-state index in [1.165, 1.54) is 0 Å². The molecule has 0 aromatic heterocycles. The Balaban J connectivity index is 0.00000208. The van der Waals surface area contributed by atoms with Crippen LogP contribution in [0.5, 0.6) is 0 Å². The molecule has 1 unspecified atom stereocenters. The van der Waals surface area contributed by atoms with Crippen LogP contribution in [-0.4, -0.2) is 35.0 Å². The van der Waals surface area contributed by atoms with E-state index in [9.17, 15) is 9.90 Å². The van der Waals surface area contributed by atoms with Crippen LogP contribution in [0.2, 0.25) is 0 Å². The number of nitrogens with two attached hydrogens (primary N) is 1. The van der Waals surface area contributed by atoms with Gasteiger partial charge in [-0.1, -0.05) is 36.8 Å². The minimum atomic E-state index is -0.420. The zero-order valence-electron chi connectivity index (χ0n) is 14.1. The van der Waals surface area contributed by atoms with Crippen molar-refractivity contribution in [3.8, 4) is 0 Å². The van der Waals surface area contributed by atoms with Crippen LogP contribution in [0.3, 0.4) is 0 Å². The van der Waals surface area contributed by atoms with E-state index in [1.807, 2.05) is 35.2 Å². The lowest BCUT2D eigenvalue weighted by Crippen LogP contribution is -2.41. The molecule has 1 aromatic rings. The van der Waals surface area contributed by atoms with Crippen molar-refractivity contribution in [2.45, 2.75) is 50.7 Å². The normalized spacial score (nSPS) is 26.0. The summed E-state index contributed by atoms with van der Waals surface area (Å²) in [5.74, 6) is 0.866. The van der Waals surface area contributed by atoms with Crippen molar-refractivity contribution < 1.29 is 9.90 Å². The van der Waals surface area contributed by atoms with E-state index in [1.54, 1.807) is 0 Å². The van der Waals surface area contributed by atoms with Crippen LogP contribution in [0, 0.1) is 11.8 Å². The molecule has 2 fully saturated rings. The maximum atomic E-state index is 12.5. The van der Waals surface area contributed by atoms with Crippen LogP contribution in [0.4, 0.5) is 0 Å². The number of nitrogens with zero attached hydrogens (tertiary/aromatic N) is 1. The van der Waals surface area contributed by atoms with Crippen LogP contribution in [0.25, 0.3) is 0 Å². The topological polar surface area (TPSA) is 66.6 Å². The van der Waals surface area contributed by atoms with Crippen molar-refractivity contribution in [1.82, 2.24) is 4.90 Å². The number of rotatable bonds is 4. The largest absolute Gasteiger partial charge is 0.388 e. The van der Waals surface area contributed by atoms with Crippen molar-refractivity contribution >= 4 is 18.3 Å². The monoisotopic (exact) mass is 352 g/mol. The summed E-state index contributed by atoms with van der Waals surface area (Å²) in [6.07, 6.45) is 5.24. The Labute approximate surface area is 150 Å². The fraction of sp³-hybridized carbons (Fsp3) is 0.632. The third-order valence-corrected chi connectivity index (χ3v) is 5.63. The summed E-state index contributed by atoms with van der Waals surface area (Å²) in [7, 11) is 0. The lowest BCUT2D eigenvalue weighted by atomic mass is 9.87. The second-order valence-corrected chi connectivity index (χ2v) is 7.13. The van der Waals surface area contributed by atoms with Crippen molar-refractivity contribution in [3.05, 3.63) is 35.9 Å². The zero-order chi connectivity index (χ0) is 16.2. The summed E-state index contributed by atoms with van der Waals surface area (Å²) in [6.45, 7) is 1.52. The van der Waals surface area contributed by atoms with Gasteiger partial charge in [0.05, 0.1) is 6.10 Å². The van der Waals surface area contributed by atoms with Crippen LogP contribution in [0.1, 0.15) is 50.2 Å². The Hall–Kier alpha value is -1.10. The number of likely N-dealkylation sites (tertiary alicyclic amines) is 1. The molecule has 1 saturated heterocycles. The third kappa shape index (κ3) is 4.50. The molecule has 0 spiro atoms. The minimum absolute atomic E-state index is 0. The van der Waals surface area contributed by atoms with E-state index in [-0.39, 0.29) is 30.3 Å². The molecule has 24 heavy (non-hydrogen) atoms. The van der Waals surface area contributed by atoms with Crippen molar-refractivity contribution in [2.75, 3.05) is 13.1 Å². The van der Waals surface area contributed by atoms with Gasteiger partial charge < -0.3 is 15.7 Å². The number of amides is 1. The number of aliphatic hydroxyl groups excluding tert-OH is 1. The van der Waals surface area contributed by atoms with Crippen LogP contribution >= 0.6 is 12.4 Å². The zero-order valence-corrected chi connectivity index (χ0v) is 15.0. The molecule has 1 aliphatic heterocycles. The fourth-order valence-electron chi connectivity index (χ4n) is 4.06. The van der Waals surface area contributed by atoms with Gasteiger partial charge >= 0.3 is 0 Å². The molecule has 2 aliphatic rings. The highest BCUT2D eigenvalue weighted by Crippen LogP contribution is 2.32. The second kappa shape index (κ2) is 8.84. The molecule has 1 aromatic carbocycles. The smallest absolute Gasteiger partial charge is 0.222 e. The highest BCUT2D eigenvalue weighted by Gasteiger charge is 2.31. The molecule has 1 heterocycles. The van der Waals surface area contributed by atoms with Gasteiger partial charge in [0.1, 0.15) is 0 Å². The molecule has 0 bridgehead atoms. The second-order valence-electron chi connectivity index (χ2n) is 7.13. The third-order valence-electron chi connectivity index (χ3n) is 5.63. The van der Waals surface area contributed by atoms with Gasteiger partial charge in [-0.2, -0.15) is 0 Å². The van der Waals surface area contributed by atoms with Crippen molar-refractivity contribution in [3.63, 3.8) is 0 Å². The van der Waals surface area contributed by atoms with E-state index in [4.69, 9.17) is 5.73 Å². The fourth-order valence-corrected chi connectivity index (χ4v) is 4.06. The summed E-state index contributed by atoms with van der Waals surface area (Å²) in [5.41, 5.74) is 7.06. The summed E-state index contributed by atoms with van der Waals surface area (Å²) in [6, 6.07) is 10.0. The molecule has 0 radical (unpaired) electrons. The molecular formula is C19H29ClN2O2. The first-order valence-electron chi connectivity index (χ1n) is 8.91. The van der Waals surface area contributed by atoms with Gasteiger partial charge in [-0.05, 0) is 43.1 Å². The number of hydrogen-bond acceptors (Lipinski definition) is 3. The quantitative estimate of drug-likeness (QED) is 0.875. The number of piperidine rings is 1. The number of carbonyl (C=O) groups excluding carboxylic acids is 1. The van der Waals surface area contributed by atoms with Crippen molar-refractivity contribution in [1.29, 1.82) is 0 Å². The molecule has 4 nitrogen and oxygen atoms in total. The van der Waals surface area contributed by atoms with Gasteiger partial charge in [0.2, 0.25) is 5.91 Å². The standard InChI is InChI=1S/C19H28N2O2.ClH/c20-17-8-4-7-16(17)13-18(22)21-11-9-15(10-12-21)19(23)14-5-2-1-3-6-14;/h1-3,5-6,15-17,19,23H,4,7-13,20H2;1H/t16-,17+,19?;/m0./s1. The van der Waals surface area contributed by atoms with Gasteiger partial charge in [-0.3, -0.25) is 4.79 Å². The highest BCUT2D eigenvalue weighted by molar-refractivity contribution is 5.85. The first-order chi connectivity index (χ1) is 11.1. The van der Waals surface area contributed by atoms with Crippen LogP contribution < -0.4 is 5.73 Å². The summed E-state index contributed by atoms with van der Waals surface area (Å²) >= 11 is 0. The molecule has 3 N–H and O–H groups in total. The van der Waals surface area contributed by atoms with E-state index in [0.717, 1.165) is 50.8 Å². The van der Waals surface area contributed by atoms with E-state index >= 15 is 0 Å². The molecule has 134 valence electrons. The summed E-state index contributed by atoms with van der Waals surface area (Å²) in [5, 5.41) is 10.5. The lowest BCUT2D eigenvalue weighted by molar-refractivity contribution is -0.134. The average molecular weight is 353 g/mol. The Morgan fingerprint density at radius 2 is 1.83 bits per heavy atom. The van der Waals surface area contributed by atoms with Crippen LogP contribution in [-0.2, 0) is 4.79 Å². The Morgan fingerprint density at radius 3 is 2.42 bits per heavy atom. The lowest BCUT2D eigenvalue weighted by Gasteiger charge is -2.35. The van der Waals surface area contributed by atoms with Gasteiger partial charge in [0.15, 0.2) is 0 Å². The first kappa shape index (κ1) is 19.2. The van der Waals surface area contributed by atoms with Gasteiger partial charge in [0.25, 0.3) is 0 Å². The predicted molar refractivity (Wildman–Crippen MR) is 97.9 cm³/mol. The number of carbonyl (C=O) groups is 1. The van der Waals surface area contributed by atoms with E-state index < -0.39 is 6.10 Å². The SMILES string of the molecule is Cl.N[C@@H]1CCC[C@H]1CC(=O)N1CCC(C(O)c2ccccc2)CC1. The maximum absolute atomic E-state index is 12.5. The Kier molecular flexibility index (Phi) is 7.08. The maximum Gasteiger partial charge on any atom is 0.222 e. The van der Waals surface area contributed by atoms with Crippen molar-refractivity contribution in [2.24, 2.45) is 17.6 Å². The predicted octanol–water partition coefficient (Wildman–Crippen LogP) is 2.90. The summed E-state index contributed by atoms with van der Waals surface area (Å²) in [4.78, 5) is 14.4. The molecular weight excluding hydrogens is 324 g/mol. The number of aliphatic hydroxyl groups is 1. The molecule has 1 saturated carbocycles. The molecule has 1 aliphatic carbocycles. The number of benzene rings is 1. The first-order valence-corrected chi connectivity index (χ1v) is 8.91. The van der Waals surface area contributed by atoms with E-state index in [0.29, 0.717) is 12.3 Å². The molecule has 1 amide bonds. The Bertz CT molecular complexity index is 517. The Morgan fingerprint density at radius 1 is 1.17 bits per heavy atom. The molecule has 3 rings (SSSR count). The minimum Gasteiger partial charge on any atom is -0.388 e. The molecule has 3 atom stereocenters. The number of halogens is 1. The molecule has 5 heteroatoms. The summed E-state index contributed by atoms with van der Waals surface area (Å²) < 4.78 is 0. The highest BCUT2D eigenvalue weighted by atomic mass is 35.5. The van der Waals surface area contributed by atoms with Gasteiger partial charge in [-0.15, -0.1) is 12.4 Å².